The molecular formula is C33H31FN6O3. The number of rotatable bonds is 8. The summed E-state index contributed by atoms with van der Waals surface area (Å²) in [4.78, 5) is 19.0. The molecule has 0 bridgehead atoms. The van der Waals surface area contributed by atoms with Gasteiger partial charge in [-0.3, -0.25) is 9.58 Å². The highest BCUT2D eigenvalue weighted by molar-refractivity contribution is 5.92. The Balaban J connectivity index is 1.07. The molecule has 2 aliphatic rings. The number of piperidine rings is 1. The molecule has 0 amide bonds. The second-order valence-corrected chi connectivity index (χ2v) is 11.5. The van der Waals surface area contributed by atoms with Crippen molar-refractivity contribution in [3.63, 3.8) is 0 Å². The predicted octanol–water partition coefficient (Wildman–Crippen LogP) is 5.31. The van der Waals surface area contributed by atoms with E-state index in [-0.39, 0.29) is 11.7 Å². The van der Waals surface area contributed by atoms with Crippen LogP contribution in [-0.2, 0) is 24.4 Å². The number of aromatic nitrogens is 4. The van der Waals surface area contributed by atoms with Crippen molar-refractivity contribution < 1.29 is 19.0 Å². The van der Waals surface area contributed by atoms with Crippen LogP contribution in [0.15, 0.2) is 60.8 Å². The highest BCUT2D eigenvalue weighted by Gasteiger charge is 2.26. The maximum Gasteiger partial charge on any atom is 0.335 e. The van der Waals surface area contributed by atoms with Crippen molar-refractivity contribution in [2.24, 2.45) is 0 Å². The summed E-state index contributed by atoms with van der Waals surface area (Å²) in [5, 5.41) is 24.3. The number of carbonyl (C=O) groups is 1. The highest BCUT2D eigenvalue weighted by atomic mass is 19.1. The molecule has 4 heterocycles. The molecule has 43 heavy (non-hydrogen) atoms. The molecular weight excluding hydrogens is 547 g/mol. The van der Waals surface area contributed by atoms with E-state index in [1.807, 2.05) is 29.1 Å². The van der Waals surface area contributed by atoms with Gasteiger partial charge in [0.05, 0.1) is 65.7 Å². The van der Waals surface area contributed by atoms with Gasteiger partial charge in [0.2, 0.25) is 0 Å². The summed E-state index contributed by atoms with van der Waals surface area (Å²) in [5.74, 6) is -0.0306. The lowest BCUT2D eigenvalue weighted by atomic mass is 9.87. The third-order valence-electron chi connectivity index (χ3n) is 8.87. The Hall–Kier alpha value is -4.59. The second kappa shape index (κ2) is 11.2. The quantitative estimate of drug-likeness (QED) is 0.266. The third kappa shape index (κ3) is 5.26. The number of fused-ring (bicyclic) bond motifs is 2. The van der Waals surface area contributed by atoms with Crippen LogP contribution in [0.2, 0.25) is 0 Å². The molecule has 7 rings (SSSR count). The lowest BCUT2D eigenvalue weighted by molar-refractivity contribution is -0.0592. The van der Waals surface area contributed by atoms with Crippen LogP contribution in [-0.4, -0.2) is 61.1 Å². The van der Waals surface area contributed by atoms with Gasteiger partial charge in [0.1, 0.15) is 11.6 Å². The van der Waals surface area contributed by atoms with E-state index >= 15 is 0 Å². The van der Waals surface area contributed by atoms with Crippen LogP contribution in [0.1, 0.15) is 58.1 Å². The zero-order valence-electron chi connectivity index (χ0n) is 23.6. The molecule has 0 saturated carbocycles. The van der Waals surface area contributed by atoms with Crippen LogP contribution in [0.3, 0.4) is 0 Å². The van der Waals surface area contributed by atoms with Gasteiger partial charge in [-0.1, -0.05) is 18.2 Å². The molecule has 5 aromatic rings. The molecule has 10 heteroatoms. The summed E-state index contributed by atoms with van der Waals surface area (Å²) in [6, 6.07) is 17.9. The summed E-state index contributed by atoms with van der Waals surface area (Å²) >= 11 is 0. The fourth-order valence-corrected chi connectivity index (χ4v) is 6.38. The average Bonchev–Trinajstić information content (AvgIpc) is 3.56. The monoisotopic (exact) mass is 578 g/mol. The molecule has 0 spiro atoms. The fraction of sp³-hybridized carbons (Fsp3) is 0.333. The Morgan fingerprint density at radius 1 is 1.07 bits per heavy atom. The number of imidazole rings is 1. The molecule has 2 aromatic heterocycles. The van der Waals surface area contributed by atoms with Crippen molar-refractivity contribution in [1.82, 2.24) is 24.2 Å². The number of carboxylic acid groups (broad SMARTS) is 1. The summed E-state index contributed by atoms with van der Waals surface area (Å²) in [6.07, 6.45) is 4.99. The van der Waals surface area contributed by atoms with E-state index in [0.29, 0.717) is 36.7 Å². The van der Waals surface area contributed by atoms with E-state index < -0.39 is 11.8 Å². The number of carboxylic acids is 1. The smallest absolute Gasteiger partial charge is 0.335 e. The lowest BCUT2D eigenvalue weighted by Crippen LogP contribution is -2.35. The Labute approximate surface area is 247 Å². The van der Waals surface area contributed by atoms with Crippen LogP contribution in [0.25, 0.3) is 21.9 Å². The molecule has 1 N–H and O–H groups in total. The first-order valence-electron chi connectivity index (χ1n) is 14.7. The van der Waals surface area contributed by atoms with Crippen LogP contribution in [0.4, 0.5) is 4.39 Å². The van der Waals surface area contributed by atoms with Crippen molar-refractivity contribution >= 4 is 27.9 Å². The first-order chi connectivity index (χ1) is 21.0. The average molecular weight is 579 g/mol. The standard InChI is InChI=1S/C33H31FN6O3/c34-28-14-21(16-35)4-5-24(28)18-40-30-3-1-2-26(27(30)17-36-40)22-8-11-38(12-9-22)20-32-37-29-7-6-23(33(41)42)15-31(29)39(32)19-25-10-13-43-25/h1-7,14-15,17,22,25H,8-13,18-20H2,(H,41,42)/t25-/m0/s1. The second-order valence-electron chi connectivity index (χ2n) is 11.5. The normalized spacial score (nSPS) is 17.7. The minimum absolute atomic E-state index is 0.130. The molecule has 0 unspecified atom stereocenters. The summed E-state index contributed by atoms with van der Waals surface area (Å²) in [6.45, 7) is 4.24. The first kappa shape index (κ1) is 27.3. The minimum Gasteiger partial charge on any atom is -0.478 e. The molecule has 0 aliphatic carbocycles. The first-order valence-corrected chi connectivity index (χ1v) is 14.7. The Kier molecular flexibility index (Phi) is 7.13. The van der Waals surface area contributed by atoms with Gasteiger partial charge in [-0.2, -0.15) is 10.4 Å². The van der Waals surface area contributed by atoms with Gasteiger partial charge in [-0.25, -0.2) is 14.2 Å². The van der Waals surface area contributed by atoms with Gasteiger partial charge in [0, 0.05) is 17.6 Å². The van der Waals surface area contributed by atoms with Crippen molar-refractivity contribution in [3.05, 3.63) is 94.7 Å². The van der Waals surface area contributed by atoms with Crippen LogP contribution >= 0.6 is 0 Å². The van der Waals surface area contributed by atoms with E-state index in [2.05, 4.69) is 20.6 Å². The Bertz CT molecular complexity index is 1880. The molecule has 2 fully saturated rings. The number of nitriles is 1. The van der Waals surface area contributed by atoms with Crippen molar-refractivity contribution in [1.29, 1.82) is 5.26 Å². The number of ether oxygens (including phenoxy) is 1. The van der Waals surface area contributed by atoms with Gasteiger partial charge in [0.15, 0.2) is 0 Å². The number of hydrogen-bond donors (Lipinski definition) is 1. The van der Waals surface area contributed by atoms with Gasteiger partial charge in [-0.05, 0) is 80.2 Å². The van der Waals surface area contributed by atoms with Crippen LogP contribution in [0.5, 0.6) is 0 Å². The van der Waals surface area contributed by atoms with Gasteiger partial charge in [-0.15, -0.1) is 0 Å². The van der Waals surface area contributed by atoms with Crippen molar-refractivity contribution in [3.8, 4) is 6.07 Å². The molecule has 2 saturated heterocycles. The van der Waals surface area contributed by atoms with Crippen molar-refractivity contribution in [2.75, 3.05) is 19.7 Å². The van der Waals surface area contributed by atoms with Gasteiger partial charge in [0.25, 0.3) is 0 Å². The van der Waals surface area contributed by atoms with E-state index in [4.69, 9.17) is 15.0 Å². The fourth-order valence-electron chi connectivity index (χ4n) is 6.38. The van der Waals surface area contributed by atoms with E-state index in [0.717, 1.165) is 66.7 Å². The summed E-state index contributed by atoms with van der Waals surface area (Å²) in [7, 11) is 0. The molecule has 9 nitrogen and oxygen atoms in total. The largest absolute Gasteiger partial charge is 0.478 e. The maximum absolute atomic E-state index is 14.6. The summed E-state index contributed by atoms with van der Waals surface area (Å²) in [5.41, 5.74) is 4.93. The number of likely N-dealkylation sites (tertiary alicyclic amines) is 1. The topological polar surface area (TPSA) is 109 Å². The Morgan fingerprint density at radius 3 is 2.63 bits per heavy atom. The molecule has 2 aliphatic heterocycles. The lowest BCUT2D eigenvalue weighted by Gasteiger charge is -2.33. The highest BCUT2D eigenvalue weighted by Crippen LogP contribution is 2.34. The SMILES string of the molecule is N#Cc1ccc(Cn2ncc3c(C4CCN(Cc5nc6ccc(C(=O)O)cc6n5C[C@@H]5CCO5)CC4)cccc32)c(F)c1. The van der Waals surface area contributed by atoms with Crippen LogP contribution in [0, 0.1) is 17.1 Å². The zero-order valence-corrected chi connectivity index (χ0v) is 23.6. The summed E-state index contributed by atoms with van der Waals surface area (Å²) < 4.78 is 24.3. The zero-order chi connectivity index (χ0) is 29.5. The van der Waals surface area contributed by atoms with E-state index in [1.165, 1.54) is 11.6 Å². The molecule has 218 valence electrons. The minimum atomic E-state index is -0.944. The van der Waals surface area contributed by atoms with Gasteiger partial charge < -0.3 is 14.4 Å². The van der Waals surface area contributed by atoms with E-state index in [1.54, 1.807) is 30.3 Å². The Morgan fingerprint density at radius 2 is 1.91 bits per heavy atom. The van der Waals surface area contributed by atoms with Crippen molar-refractivity contribution in [2.45, 2.75) is 50.9 Å². The third-order valence-corrected chi connectivity index (χ3v) is 8.87. The molecule has 0 radical (unpaired) electrons. The maximum atomic E-state index is 14.6. The number of hydrogen-bond acceptors (Lipinski definition) is 6. The van der Waals surface area contributed by atoms with Crippen LogP contribution < -0.4 is 0 Å². The number of aromatic carboxylic acids is 1. The number of nitrogens with zero attached hydrogens (tertiary/aromatic N) is 6. The van der Waals surface area contributed by atoms with E-state index in [9.17, 15) is 14.3 Å². The molecule has 3 aromatic carbocycles. The molecule has 1 atom stereocenters. The predicted molar refractivity (Wildman–Crippen MR) is 158 cm³/mol. The number of benzene rings is 3. The van der Waals surface area contributed by atoms with Gasteiger partial charge >= 0.3 is 5.97 Å². The number of halogens is 1.